The Morgan fingerprint density at radius 3 is 2.27 bits per heavy atom. The van der Waals surface area contributed by atoms with Crippen molar-refractivity contribution in [3.8, 4) is 5.75 Å². The summed E-state index contributed by atoms with van der Waals surface area (Å²) in [6.07, 6.45) is 2.63. The molecule has 1 aromatic carbocycles. The van der Waals surface area contributed by atoms with Crippen molar-refractivity contribution in [3.05, 3.63) is 51.5 Å². The van der Waals surface area contributed by atoms with Crippen LogP contribution >= 0.6 is 11.3 Å². The van der Waals surface area contributed by atoms with E-state index < -0.39 is 29.9 Å². The van der Waals surface area contributed by atoms with Gasteiger partial charge in [0, 0.05) is 11.9 Å². The molecule has 1 heterocycles. The standard InChI is InChI=1S/C23H28FNO5S.C2H6N2.C2H6/c1-5-23(6-2,22(29)25-18(13-26)15(4)27)12-16-8-10-20(31-16)21(28)30-19-9-7-14(3)11-17(19)24;1-4-2-3;1-2/h7-11,18,26H,5-6,12-13H2,1-4H3,(H,25,29);2H,1H3,(H2,3,4);1-2H3. The van der Waals surface area contributed by atoms with Crippen LogP contribution < -0.4 is 15.8 Å². The van der Waals surface area contributed by atoms with Gasteiger partial charge in [0.25, 0.3) is 0 Å². The number of Topliss-reactive ketones (excluding diaryl/α,β-unsaturated/α-hetero) is 1. The lowest BCUT2D eigenvalue weighted by Gasteiger charge is -2.31. The van der Waals surface area contributed by atoms with E-state index in [-0.39, 0.29) is 17.4 Å². The maximum Gasteiger partial charge on any atom is 0.353 e. The summed E-state index contributed by atoms with van der Waals surface area (Å²) in [6.45, 7) is 10.4. The normalized spacial score (nSPS) is 11.5. The van der Waals surface area contributed by atoms with Crippen molar-refractivity contribution >= 4 is 35.3 Å². The number of hydrogen-bond donors (Lipinski definition) is 3. The van der Waals surface area contributed by atoms with Gasteiger partial charge in [-0.25, -0.2) is 9.18 Å². The van der Waals surface area contributed by atoms with Gasteiger partial charge in [-0.05, 0) is 62.9 Å². The number of thiophene rings is 1. The smallest absolute Gasteiger partial charge is 0.353 e. The molecule has 0 aliphatic carbocycles. The zero-order chi connectivity index (χ0) is 28.6. The maximum absolute atomic E-state index is 14.0. The van der Waals surface area contributed by atoms with Crippen LogP contribution in [0.2, 0.25) is 0 Å². The number of halogens is 1. The minimum Gasteiger partial charge on any atom is -0.419 e. The minimum absolute atomic E-state index is 0.138. The number of rotatable bonds is 10. The Morgan fingerprint density at radius 1 is 1.22 bits per heavy atom. The van der Waals surface area contributed by atoms with Crippen LogP contribution in [0.5, 0.6) is 5.75 Å². The molecule has 0 aliphatic heterocycles. The van der Waals surface area contributed by atoms with E-state index in [9.17, 15) is 23.9 Å². The summed E-state index contributed by atoms with van der Waals surface area (Å²) in [7, 11) is 1.62. The molecule has 0 saturated heterocycles. The van der Waals surface area contributed by atoms with E-state index in [1.54, 1.807) is 32.2 Å². The topological polar surface area (TPSA) is 131 Å². The Bertz CT molecular complexity index is 1030. The van der Waals surface area contributed by atoms with Crippen LogP contribution in [0.1, 0.15) is 67.6 Å². The van der Waals surface area contributed by atoms with Gasteiger partial charge in [-0.1, -0.05) is 33.8 Å². The van der Waals surface area contributed by atoms with Crippen molar-refractivity contribution in [3.63, 3.8) is 0 Å². The van der Waals surface area contributed by atoms with E-state index in [1.165, 1.54) is 36.7 Å². The average Bonchev–Trinajstić information content (AvgIpc) is 3.37. The first-order valence-electron chi connectivity index (χ1n) is 12.2. The van der Waals surface area contributed by atoms with E-state index in [2.05, 4.69) is 10.3 Å². The predicted molar refractivity (Wildman–Crippen MR) is 147 cm³/mol. The molecule has 2 aromatic rings. The largest absolute Gasteiger partial charge is 0.419 e. The molecular weight excluding hydrogens is 497 g/mol. The number of aliphatic hydroxyl groups excluding tert-OH is 1. The fourth-order valence-electron chi connectivity index (χ4n) is 3.24. The highest BCUT2D eigenvalue weighted by atomic mass is 32.1. The summed E-state index contributed by atoms with van der Waals surface area (Å²) < 4.78 is 19.1. The number of aliphatic hydroxyl groups is 1. The third-order valence-electron chi connectivity index (χ3n) is 5.63. The summed E-state index contributed by atoms with van der Waals surface area (Å²) in [5, 5.41) is 12.0. The van der Waals surface area contributed by atoms with Crippen LogP contribution in [0.3, 0.4) is 0 Å². The molecule has 1 atom stereocenters. The monoisotopic (exact) mass is 537 g/mol. The molecule has 0 spiro atoms. The molecule has 0 aliphatic rings. The molecule has 2 rings (SSSR count). The average molecular weight is 538 g/mol. The molecule has 8 nitrogen and oxygen atoms in total. The van der Waals surface area contributed by atoms with Crippen LogP contribution in [0.4, 0.5) is 4.39 Å². The van der Waals surface area contributed by atoms with Crippen LogP contribution in [-0.2, 0) is 16.0 Å². The number of esters is 1. The Balaban J connectivity index is 0.00000196. The molecule has 10 heteroatoms. The molecule has 1 aromatic heterocycles. The molecule has 37 heavy (non-hydrogen) atoms. The van der Waals surface area contributed by atoms with Crippen molar-refractivity contribution < 1.29 is 28.6 Å². The number of amides is 1. The van der Waals surface area contributed by atoms with Gasteiger partial charge in [0.05, 0.1) is 18.4 Å². The highest BCUT2D eigenvalue weighted by Gasteiger charge is 2.37. The fraction of sp³-hybridized carbons (Fsp3) is 0.481. The van der Waals surface area contributed by atoms with E-state index in [0.717, 1.165) is 10.4 Å². The van der Waals surface area contributed by atoms with E-state index in [1.807, 2.05) is 27.7 Å². The Labute approximate surface area is 223 Å². The number of nitrogens with one attached hydrogen (secondary N) is 1. The van der Waals surface area contributed by atoms with Gasteiger partial charge in [0.1, 0.15) is 10.9 Å². The maximum atomic E-state index is 14.0. The summed E-state index contributed by atoms with van der Waals surface area (Å²) in [5.41, 5.74) is 4.66. The molecule has 0 fully saturated rings. The second kappa shape index (κ2) is 17.4. The molecule has 0 radical (unpaired) electrons. The third kappa shape index (κ3) is 10.4. The van der Waals surface area contributed by atoms with Crippen LogP contribution in [-0.4, -0.2) is 48.8 Å². The lowest BCUT2D eigenvalue weighted by atomic mass is 9.77. The number of benzene rings is 1. The molecule has 1 unspecified atom stereocenters. The van der Waals surface area contributed by atoms with Crippen molar-refractivity contribution in [2.75, 3.05) is 13.7 Å². The van der Waals surface area contributed by atoms with Gasteiger partial charge in [-0.3, -0.25) is 14.6 Å². The SMILES string of the molecule is CC.CCC(CC)(Cc1ccc(C(=O)Oc2ccc(C)cc2F)s1)C(=O)NC(CO)C(C)=O.CN=CN. The number of aryl methyl sites for hydroxylation is 1. The summed E-state index contributed by atoms with van der Waals surface area (Å²) >= 11 is 1.18. The number of ketones is 1. The quantitative estimate of drug-likeness (QED) is 0.178. The molecular formula is C27H40FN3O5S. The second-order valence-electron chi connectivity index (χ2n) is 7.98. The predicted octanol–water partition coefficient (Wildman–Crippen LogP) is 4.46. The summed E-state index contributed by atoms with van der Waals surface area (Å²) in [6, 6.07) is 6.75. The Morgan fingerprint density at radius 2 is 1.81 bits per heavy atom. The fourth-order valence-corrected chi connectivity index (χ4v) is 4.27. The number of ether oxygens (including phenoxy) is 1. The molecule has 4 N–H and O–H groups in total. The summed E-state index contributed by atoms with van der Waals surface area (Å²) in [4.78, 5) is 41.5. The van der Waals surface area contributed by atoms with Crippen molar-refractivity contribution in [2.24, 2.45) is 16.1 Å². The van der Waals surface area contributed by atoms with E-state index >= 15 is 0 Å². The van der Waals surface area contributed by atoms with Gasteiger partial charge >= 0.3 is 5.97 Å². The van der Waals surface area contributed by atoms with Gasteiger partial charge in [0.2, 0.25) is 5.91 Å². The van der Waals surface area contributed by atoms with Gasteiger partial charge in [0.15, 0.2) is 17.3 Å². The molecule has 206 valence electrons. The highest BCUT2D eigenvalue weighted by Crippen LogP contribution is 2.34. The first-order chi connectivity index (χ1) is 17.6. The van der Waals surface area contributed by atoms with Gasteiger partial charge in [-0.15, -0.1) is 11.3 Å². The number of nitrogens with two attached hydrogens (primary N) is 1. The zero-order valence-electron chi connectivity index (χ0n) is 22.8. The zero-order valence-corrected chi connectivity index (χ0v) is 23.6. The Kier molecular flexibility index (Phi) is 15.9. The number of aliphatic imine (C=N–C) groups is 1. The van der Waals surface area contributed by atoms with Crippen LogP contribution in [0.25, 0.3) is 0 Å². The lowest BCUT2D eigenvalue weighted by Crippen LogP contribution is -2.50. The minimum atomic E-state index is -0.941. The number of carbonyl (C=O) groups is 3. The van der Waals surface area contributed by atoms with Crippen LogP contribution in [0, 0.1) is 18.2 Å². The lowest BCUT2D eigenvalue weighted by molar-refractivity contribution is -0.135. The van der Waals surface area contributed by atoms with Crippen LogP contribution in [0.15, 0.2) is 35.3 Å². The van der Waals surface area contributed by atoms with E-state index in [0.29, 0.717) is 24.1 Å². The van der Waals surface area contributed by atoms with Gasteiger partial charge < -0.3 is 20.9 Å². The molecule has 0 saturated carbocycles. The number of hydrogen-bond acceptors (Lipinski definition) is 7. The first kappa shape index (κ1) is 33.9. The summed E-state index contributed by atoms with van der Waals surface area (Å²) in [5.74, 6) is -2.05. The number of nitrogens with zero attached hydrogens (tertiary/aromatic N) is 1. The first-order valence-corrected chi connectivity index (χ1v) is 13.0. The van der Waals surface area contributed by atoms with Crippen molar-refractivity contribution in [1.82, 2.24) is 5.32 Å². The second-order valence-corrected chi connectivity index (χ2v) is 9.15. The molecule has 1 amide bonds. The van der Waals surface area contributed by atoms with Crippen molar-refractivity contribution in [2.45, 2.75) is 66.8 Å². The van der Waals surface area contributed by atoms with Gasteiger partial charge in [-0.2, -0.15) is 0 Å². The van der Waals surface area contributed by atoms with E-state index in [4.69, 9.17) is 10.5 Å². The molecule has 0 bridgehead atoms. The number of carbonyl (C=O) groups excluding carboxylic acids is 3. The highest BCUT2D eigenvalue weighted by molar-refractivity contribution is 7.14. The third-order valence-corrected chi connectivity index (χ3v) is 6.69. The Hall–Kier alpha value is -3.11. The van der Waals surface area contributed by atoms with Crippen molar-refractivity contribution in [1.29, 1.82) is 0 Å².